The van der Waals surface area contributed by atoms with Gasteiger partial charge in [-0.15, -0.1) is 10.2 Å². The van der Waals surface area contributed by atoms with Crippen LogP contribution in [0.25, 0.3) is 17.0 Å². The number of carbonyl (C=O) groups excluding carboxylic acids is 1. The molecule has 0 aliphatic rings. The maximum atomic E-state index is 11.1. The Morgan fingerprint density at radius 1 is 1.37 bits per heavy atom. The number of amides is 1. The Morgan fingerprint density at radius 3 is 2.89 bits per heavy atom. The van der Waals surface area contributed by atoms with Crippen LogP contribution in [0.4, 0.5) is 0 Å². The van der Waals surface area contributed by atoms with E-state index in [1.165, 1.54) is 0 Å². The molecule has 0 spiro atoms. The van der Waals surface area contributed by atoms with E-state index in [4.69, 9.17) is 10.5 Å². The number of rotatable bonds is 3. The molecule has 3 aromatic rings. The van der Waals surface area contributed by atoms with E-state index >= 15 is 0 Å². The number of aromatic amines is 1. The van der Waals surface area contributed by atoms with Crippen LogP contribution in [-0.4, -0.2) is 32.8 Å². The lowest BCUT2D eigenvalue weighted by molar-refractivity contribution is 0.0995. The fraction of sp³-hybridized carbons (Fsp3) is 0.0833. The van der Waals surface area contributed by atoms with Gasteiger partial charge in [0, 0.05) is 6.07 Å². The van der Waals surface area contributed by atoms with Crippen molar-refractivity contribution in [3.05, 3.63) is 36.0 Å². The Morgan fingerprint density at radius 2 is 2.16 bits per heavy atom. The van der Waals surface area contributed by atoms with Crippen molar-refractivity contribution in [2.24, 2.45) is 5.73 Å². The van der Waals surface area contributed by atoms with Gasteiger partial charge < -0.3 is 10.5 Å². The first kappa shape index (κ1) is 11.3. The van der Waals surface area contributed by atoms with Gasteiger partial charge in [-0.1, -0.05) is 12.1 Å². The number of para-hydroxylation sites is 1. The second-order valence-corrected chi connectivity index (χ2v) is 3.95. The summed E-state index contributed by atoms with van der Waals surface area (Å²) in [5, 5.41) is 10.9. The first-order valence-corrected chi connectivity index (χ1v) is 5.58. The predicted octanol–water partition coefficient (Wildman–Crippen LogP) is 0.832. The minimum absolute atomic E-state index is 0.279. The number of nitrogens with two attached hydrogens (primary N) is 1. The van der Waals surface area contributed by atoms with Gasteiger partial charge in [-0.2, -0.15) is 0 Å². The summed E-state index contributed by atoms with van der Waals surface area (Å²) < 4.78 is 6.88. The van der Waals surface area contributed by atoms with Gasteiger partial charge in [0.25, 0.3) is 5.91 Å². The molecular weight excluding hydrogens is 246 g/mol. The third-order valence-electron chi connectivity index (χ3n) is 2.81. The molecule has 7 nitrogen and oxygen atoms in total. The summed E-state index contributed by atoms with van der Waals surface area (Å²) in [5.41, 5.74) is 6.80. The normalized spacial score (nSPS) is 10.8. The zero-order valence-corrected chi connectivity index (χ0v) is 10.1. The number of hydrogen-bond donors (Lipinski definition) is 2. The molecule has 1 aromatic carbocycles. The minimum Gasteiger partial charge on any atom is -0.496 e. The van der Waals surface area contributed by atoms with E-state index < -0.39 is 5.91 Å². The molecule has 2 heterocycles. The van der Waals surface area contributed by atoms with E-state index in [9.17, 15) is 4.79 Å². The molecular formula is C12H11N5O2. The number of methoxy groups -OCH3 is 1. The Kier molecular flexibility index (Phi) is 2.45. The summed E-state index contributed by atoms with van der Waals surface area (Å²) in [5.74, 6) is 0.684. The monoisotopic (exact) mass is 257 g/mol. The van der Waals surface area contributed by atoms with Crippen LogP contribution >= 0.6 is 0 Å². The lowest BCUT2D eigenvalue weighted by Gasteiger charge is -2.05. The second-order valence-electron chi connectivity index (χ2n) is 3.95. The fourth-order valence-corrected chi connectivity index (χ4v) is 1.91. The van der Waals surface area contributed by atoms with Crippen LogP contribution in [-0.2, 0) is 0 Å². The fourth-order valence-electron chi connectivity index (χ4n) is 1.91. The molecule has 0 aliphatic carbocycles. The highest BCUT2D eigenvalue weighted by atomic mass is 16.5. The molecule has 0 radical (unpaired) electrons. The highest BCUT2D eigenvalue weighted by Crippen LogP contribution is 2.28. The van der Waals surface area contributed by atoms with Crippen molar-refractivity contribution < 1.29 is 9.53 Å². The quantitative estimate of drug-likeness (QED) is 0.726. The van der Waals surface area contributed by atoms with Crippen molar-refractivity contribution >= 4 is 11.6 Å². The van der Waals surface area contributed by atoms with Gasteiger partial charge >= 0.3 is 0 Å². The summed E-state index contributed by atoms with van der Waals surface area (Å²) in [6, 6.07) is 8.98. The molecule has 0 bridgehead atoms. The smallest absolute Gasteiger partial charge is 0.266 e. The molecule has 19 heavy (non-hydrogen) atoms. The highest BCUT2D eigenvalue weighted by Gasteiger charge is 2.15. The minimum atomic E-state index is -0.545. The van der Waals surface area contributed by atoms with Gasteiger partial charge in [-0.3, -0.25) is 9.89 Å². The number of ether oxygens (including phenoxy) is 1. The van der Waals surface area contributed by atoms with Crippen molar-refractivity contribution in [2.45, 2.75) is 0 Å². The lowest BCUT2D eigenvalue weighted by atomic mass is 10.2. The van der Waals surface area contributed by atoms with Crippen molar-refractivity contribution in [3.63, 3.8) is 0 Å². The number of hydrogen-bond acceptors (Lipinski definition) is 4. The number of nitrogens with zero attached hydrogens (tertiary/aromatic N) is 3. The Labute approximate surface area is 108 Å². The summed E-state index contributed by atoms with van der Waals surface area (Å²) in [6.07, 6.45) is 0. The average Bonchev–Trinajstić information content (AvgIpc) is 2.98. The van der Waals surface area contributed by atoms with Crippen LogP contribution in [0, 0.1) is 0 Å². The standard InChI is InChI=1S/C12H11N5O2/c1-19-9-5-3-2-4-7(9)12-15-14-10-6-8(11(13)18)16-17(10)12/h2-6,16H,1H3,(H2,13,18). The van der Waals surface area contributed by atoms with E-state index in [1.807, 2.05) is 24.3 Å². The van der Waals surface area contributed by atoms with Crippen molar-refractivity contribution in [1.82, 2.24) is 19.8 Å². The first-order chi connectivity index (χ1) is 9.20. The van der Waals surface area contributed by atoms with Crippen LogP contribution in [0.2, 0.25) is 0 Å². The van der Waals surface area contributed by atoms with Gasteiger partial charge in [-0.05, 0) is 12.1 Å². The average molecular weight is 257 g/mol. The topological polar surface area (TPSA) is 98.3 Å². The number of fused-ring (bicyclic) bond motifs is 1. The van der Waals surface area contributed by atoms with E-state index in [1.54, 1.807) is 17.7 Å². The number of benzene rings is 1. The number of carbonyl (C=O) groups is 1. The molecule has 0 aliphatic heterocycles. The first-order valence-electron chi connectivity index (χ1n) is 5.58. The molecule has 0 fully saturated rings. The Balaban J connectivity index is 2.22. The number of nitrogens with one attached hydrogen (secondary N) is 1. The molecule has 3 N–H and O–H groups in total. The lowest BCUT2D eigenvalue weighted by Crippen LogP contribution is -2.11. The van der Waals surface area contributed by atoms with Crippen LogP contribution in [0.5, 0.6) is 5.75 Å². The molecule has 0 unspecified atom stereocenters. The third-order valence-corrected chi connectivity index (χ3v) is 2.81. The van der Waals surface area contributed by atoms with Gasteiger partial charge in [-0.25, -0.2) is 4.52 Å². The zero-order valence-electron chi connectivity index (χ0n) is 10.1. The molecule has 2 aromatic heterocycles. The third kappa shape index (κ3) is 1.71. The second kappa shape index (κ2) is 4.13. The summed E-state index contributed by atoms with van der Waals surface area (Å²) >= 11 is 0. The molecule has 0 atom stereocenters. The predicted molar refractivity (Wildman–Crippen MR) is 67.8 cm³/mol. The SMILES string of the molecule is COc1ccccc1-c1nnc2cc(C(N)=O)[nH]n12. The van der Waals surface area contributed by atoms with Gasteiger partial charge in [0.05, 0.1) is 12.7 Å². The molecule has 3 rings (SSSR count). The van der Waals surface area contributed by atoms with Gasteiger partial charge in [0.2, 0.25) is 0 Å². The number of primary amides is 1. The molecule has 0 saturated carbocycles. The van der Waals surface area contributed by atoms with E-state index in [0.717, 1.165) is 5.56 Å². The van der Waals surface area contributed by atoms with E-state index in [0.29, 0.717) is 17.2 Å². The maximum Gasteiger partial charge on any atom is 0.266 e. The summed E-state index contributed by atoms with van der Waals surface area (Å²) in [6.45, 7) is 0. The molecule has 1 amide bonds. The van der Waals surface area contributed by atoms with Crippen LogP contribution in [0.3, 0.4) is 0 Å². The van der Waals surface area contributed by atoms with Gasteiger partial charge in [0.15, 0.2) is 11.5 Å². The molecule has 96 valence electrons. The van der Waals surface area contributed by atoms with E-state index in [-0.39, 0.29) is 5.69 Å². The van der Waals surface area contributed by atoms with Crippen LogP contribution in [0.15, 0.2) is 30.3 Å². The summed E-state index contributed by atoms with van der Waals surface area (Å²) in [7, 11) is 1.58. The zero-order chi connectivity index (χ0) is 13.4. The van der Waals surface area contributed by atoms with Crippen molar-refractivity contribution in [2.75, 3.05) is 7.11 Å². The molecule has 7 heteroatoms. The van der Waals surface area contributed by atoms with Crippen molar-refractivity contribution in [1.29, 1.82) is 0 Å². The van der Waals surface area contributed by atoms with Crippen LogP contribution in [0.1, 0.15) is 10.5 Å². The van der Waals surface area contributed by atoms with Crippen molar-refractivity contribution in [3.8, 4) is 17.1 Å². The highest BCUT2D eigenvalue weighted by molar-refractivity contribution is 5.92. The Hall–Kier alpha value is -2.83. The number of aromatic nitrogens is 4. The maximum absolute atomic E-state index is 11.1. The summed E-state index contributed by atoms with van der Waals surface area (Å²) in [4.78, 5) is 11.1. The molecule has 0 saturated heterocycles. The van der Waals surface area contributed by atoms with E-state index in [2.05, 4.69) is 15.3 Å². The van der Waals surface area contributed by atoms with Crippen LogP contribution < -0.4 is 10.5 Å². The Bertz CT molecular complexity index is 758. The largest absolute Gasteiger partial charge is 0.496 e. The number of H-pyrrole nitrogens is 1. The van der Waals surface area contributed by atoms with Gasteiger partial charge in [0.1, 0.15) is 11.4 Å².